The fourth-order valence-corrected chi connectivity index (χ4v) is 3.23. The quantitative estimate of drug-likeness (QED) is 0.743. The second kappa shape index (κ2) is 4.94. The van der Waals surface area contributed by atoms with Gasteiger partial charge >= 0.3 is 0 Å². The van der Waals surface area contributed by atoms with E-state index in [0.717, 1.165) is 5.69 Å². The highest BCUT2D eigenvalue weighted by Crippen LogP contribution is 2.21. The summed E-state index contributed by atoms with van der Waals surface area (Å²) in [6, 6.07) is 15.2. The van der Waals surface area contributed by atoms with Gasteiger partial charge in [-0.1, -0.05) is 18.2 Å². The van der Waals surface area contributed by atoms with Crippen LogP contribution in [0.1, 0.15) is 0 Å². The first-order chi connectivity index (χ1) is 9.68. The lowest BCUT2D eigenvalue weighted by molar-refractivity contribution is 0.596. The van der Waals surface area contributed by atoms with E-state index in [1.807, 2.05) is 4.57 Å². The molecule has 5 heteroatoms. The van der Waals surface area contributed by atoms with Crippen LogP contribution < -0.4 is 0 Å². The lowest BCUT2D eigenvalue weighted by Gasteiger charge is -2.06. The van der Waals surface area contributed by atoms with E-state index < -0.39 is 9.84 Å². The Morgan fingerprint density at radius 2 is 1.50 bits per heavy atom. The molecule has 1 aromatic heterocycles. The van der Waals surface area contributed by atoms with Crippen molar-refractivity contribution in [2.45, 2.75) is 9.79 Å². The zero-order valence-corrected chi connectivity index (χ0v) is 11.4. The fourth-order valence-electron chi connectivity index (χ4n) is 1.95. The molecule has 0 aliphatic rings. The van der Waals surface area contributed by atoms with Crippen molar-refractivity contribution in [3.63, 3.8) is 0 Å². The lowest BCUT2D eigenvalue weighted by Crippen LogP contribution is -2.02. The van der Waals surface area contributed by atoms with Gasteiger partial charge in [-0.15, -0.1) is 0 Å². The molecule has 0 unspecified atom stereocenters. The summed E-state index contributed by atoms with van der Waals surface area (Å²) in [7, 11) is -3.45. The molecule has 1 heterocycles. The molecule has 0 fully saturated rings. The van der Waals surface area contributed by atoms with Gasteiger partial charge in [0.2, 0.25) is 9.84 Å². The maximum absolute atomic E-state index is 12.4. The summed E-state index contributed by atoms with van der Waals surface area (Å²) >= 11 is 0. The third-order valence-electron chi connectivity index (χ3n) is 3.00. The van der Waals surface area contributed by atoms with Crippen LogP contribution in [0.25, 0.3) is 5.69 Å². The monoisotopic (exact) mass is 284 g/mol. The van der Waals surface area contributed by atoms with Crippen LogP contribution in [0.15, 0.2) is 83.1 Å². The van der Waals surface area contributed by atoms with E-state index in [1.165, 1.54) is 0 Å². The summed E-state index contributed by atoms with van der Waals surface area (Å²) in [6.45, 7) is 0. The molecular formula is C15H12N2O2S. The highest BCUT2D eigenvalue weighted by atomic mass is 32.2. The predicted octanol–water partition coefficient (Wildman–Crippen LogP) is 2.71. The van der Waals surface area contributed by atoms with Crippen molar-refractivity contribution in [3.8, 4) is 5.69 Å². The van der Waals surface area contributed by atoms with Crippen LogP contribution in [0, 0.1) is 0 Å². The Balaban J connectivity index is 2.00. The molecule has 2 aromatic carbocycles. The first-order valence-corrected chi connectivity index (χ1v) is 7.55. The van der Waals surface area contributed by atoms with Crippen LogP contribution in [-0.2, 0) is 9.84 Å². The number of hydrogen-bond acceptors (Lipinski definition) is 3. The van der Waals surface area contributed by atoms with Crippen LogP contribution >= 0.6 is 0 Å². The maximum atomic E-state index is 12.4. The van der Waals surface area contributed by atoms with Crippen LogP contribution in [0.2, 0.25) is 0 Å². The van der Waals surface area contributed by atoms with E-state index in [1.54, 1.807) is 73.3 Å². The summed E-state index contributed by atoms with van der Waals surface area (Å²) in [4.78, 5) is 4.55. The van der Waals surface area contributed by atoms with Gasteiger partial charge in [-0.25, -0.2) is 13.4 Å². The molecule has 0 aliphatic heterocycles. The van der Waals surface area contributed by atoms with Crippen molar-refractivity contribution in [1.82, 2.24) is 9.55 Å². The standard InChI is InChI=1S/C15H12N2O2S/c18-20(19,14-4-2-1-3-5-14)15-8-6-13(7-9-15)17-11-10-16-12-17/h1-12H. The molecule has 0 bridgehead atoms. The Morgan fingerprint density at radius 3 is 2.10 bits per heavy atom. The minimum atomic E-state index is -3.45. The van der Waals surface area contributed by atoms with Crippen molar-refractivity contribution in [2.75, 3.05) is 0 Å². The topological polar surface area (TPSA) is 52.0 Å². The summed E-state index contributed by atoms with van der Waals surface area (Å²) in [5.41, 5.74) is 0.870. The van der Waals surface area contributed by atoms with Crippen molar-refractivity contribution in [3.05, 3.63) is 73.3 Å². The van der Waals surface area contributed by atoms with Crippen molar-refractivity contribution < 1.29 is 8.42 Å². The van der Waals surface area contributed by atoms with Crippen LogP contribution in [-0.4, -0.2) is 18.0 Å². The van der Waals surface area contributed by atoms with Gasteiger partial charge in [0.15, 0.2) is 0 Å². The molecular weight excluding hydrogens is 272 g/mol. The molecule has 0 N–H and O–H groups in total. The van der Waals surface area contributed by atoms with Gasteiger partial charge < -0.3 is 4.57 Å². The van der Waals surface area contributed by atoms with Gasteiger partial charge in [0, 0.05) is 18.1 Å². The highest BCUT2D eigenvalue weighted by molar-refractivity contribution is 7.91. The Kier molecular flexibility index (Phi) is 3.12. The number of hydrogen-bond donors (Lipinski definition) is 0. The molecule has 20 heavy (non-hydrogen) atoms. The Hall–Kier alpha value is -2.40. The largest absolute Gasteiger partial charge is 0.306 e. The smallest absolute Gasteiger partial charge is 0.206 e. The summed E-state index contributed by atoms with van der Waals surface area (Å²) in [5.74, 6) is 0. The van der Waals surface area contributed by atoms with Gasteiger partial charge in [-0.05, 0) is 36.4 Å². The third kappa shape index (κ3) is 2.23. The minimum absolute atomic E-state index is 0.285. The van der Waals surface area contributed by atoms with Gasteiger partial charge in [0.1, 0.15) is 0 Å². The van der Waals surface area contributed by atoms with E-state index in [-0.39, 0.29) is 4.90 Å². The molecule has 0 spiro atoms. The second-order valence-electron chi connectivity index (χ2n) is 4.28. The summed E-state index contributed by atoms with van der Waals surface area (Å²) in [5, 5.41) is 0. The molecule has 0 amide bonds. The van der Waals surface area contributed by atoms with Crippen LogP contribution in [0.3, 0.4) is 0 Å². The first-order valence-electron chi connectivity index (χ1n) is 6.06. The van der Waals surface area contributed by atoms with E-state index in [9.17, 15) is 8.42 Å². The summed E-state index contributed by atoms with van der Waals surface area (Å²) < 4.78 is 26.6. The molecule has 4 nitrogen and oxygen atoms in total. The van der Waals surface area contributed by atoms with Crippen LogP contribution in [0.5, 0.6) is 0 Å². The molecule has 0 atom stereocenters. The Morgan fingerprint density at radius 1 is 0.850 bits per heavy atom. The molecule has 0 radical (unpaired) electrons. The van der Waals surface area contributed by atoms with E-state index in [2.05, 4.69) is 4.98 Å². The third-order valence-corrected chi connectivity index (χ3v) is 4.79. The number of sulfone groups is 1. The predicted molar refractivity (Wildman–Crippen MR) is 75.5 cm³/mol. The highest BCUT2D eigenvalue weighted by Gasteiger charge is 2.16. The fraction of sp³-hybridized carbons (Fsp3) is 0. The number of nitrogens with zero attached hydrogens (tertiary/aromatic N) is 2. The van der Waals surface area contributed by atoms with E-state index in [4.69, 9.17) is 0 Å². The van der Waals surface area contributed by atoms with Crippen molar-refractivity contribution in [2.24, 2.45) is 0 Å². The average molecular weight is 284 g/mol. The van der Waals surface area contributed by atoms with Crippen LogP contribution in [0.4, 0.5) is 0 Å². The number of imidazole rings is 1. The maximum Gasteiger partial charge on any atom is 0.206 e. The van der Waals surface area contributed by atoms with Crippen molar-refractivity contribution in [1.29, 1.82) is 0 Å². The molecule has 3 rings (SSSR count). The SMILES string of the molecule is O=S(=O)(c1ccccc1)c1ccc(-n2ccnc2)cc1. The zero-order chi connectivity index (χ0) is 14.0. The molecule has 3 aromatic rings. The zero-order valence-electron chi connectivity index (χ0n) is 10.5. The molecule has 0 saturated carbocycles. The first kappa shape index (κ1) is 12.6. The summed E-state index contributed by atoms with van der Waals surface area (Å²) in [6.07, 6.45) is 5.15. The second-order valence-corrected chi connectivity index (χ2v) is 6.23. The Bertz CT molecular complexity index is 793. The number of benzene rings is 2. The molecule has 0 aliphatic carbocycles. The van der Waals surface area contributed by atoms with E-state index in [0.29, 0.717) is 4.90 Å². The number of rotatable bonds is 3. The Labute approximate surface area is 117 Å². The van der Waals surface area contributed by atoms with Crippen molar-refractivity contribution >= 4 is 9.84 Å². The van der Waals surface area contributed by atoms with Gasteiger partial charge in [-0.2, -0.15) is 0 Å². The normalized spacial score (nSPS) is 11.4. The van der Waals surface area contributed by atoms with Gasteiger partial charge in [0.25, 0.3) is 0 Å². The minimum Gasteiger partial charge on any atom is -0.306 e. The lowest BCUT2D eigenvalue weighted by atomic mass is 10.3. The van der Waals surface area contributed by atoms with Gasteiger partial charge in [-0.3, -0.25) is 0 Å². The van der Waals surface area contributed by atoms with E-state index >= 15 is 0 Å². The molecule has 100 valence electrons. The number of aromatic nitrogens is 2. The van der Waals surface area contributed by atoms with Gasteiger partial charge in [0.05, 0.1) is 16.1 Å². The molecule has 0 saturated heterocycles. The average Bonchev–Trinajstić information content (AvgIpc) is 3.02.